The second-order valence-corrected chi connectivity index (χ2v) is 3.89. The van der Waals surface area contributed by atoms with Gasteiger partial charge < -0.3 is 10.8 Å². The van der Waals surface area contributed by atoms with Gasteiger partial charge in [-0.05, 0) is 17.5 Å². The van der Waals surface area contributed by atoms with E-state index in [4.69, 9.17) is 5.73 Å². The molecule has 0 aliphatic carbocycles. The maximum absolute atomic E-state index is 9.35. The molecule has 0 atom stereocenters. The van der Waals surface area contributed by atoms with Crippen molar-refractivity contribution in [2.45, 2.75) is 4.90 Å². The average Bonchev–Trinajstić information content (AvgIpc) is 2.48. The third-order valence-electron chi connectivity index (χ3n) is 1.75. The van der Waals surface area contributed by atoms with Crippen LogP contribution in [-0.4, -0.2) is 5.11 Å². The van der Waals surface area contributed by atoms with Crippen LogP contribution in [0.2, 0.25) is 0 Å². The summed E-state index contributed by atoms with van der Waals surface area (Å²) in [7, 11) is 0. The molecule has 2 aromatic rings. The molecule has 1 aromatic carbocycles. The minimum atomic E-state index is 0.106. The highest BCUT2D eigenvalue weighted by Gasteiger charge is 2.07. The number of hydrogen-bond acceptors (Lipinski definition) is 4. The Hall–Kier alpha value is -0.870. The van der Waals surface area contributed by atoms with Gasteiger partial charge in [0.1, 0.15) is 5.75 Å². The van der Waals surface area contributed by atoms with Crippen LogP contribution in [0.1, 0.15) is 0 Å². The number of nitrogens with two attached hydrogens (primary N) is 1. The van der Waals surface area contributed by atoms with Gasteiger partial charge in [-0.2, -0.15) is 0 Å². The fraction of sp³-hybridized carbons (Fsp3) is 0. The van der Waals surface area contributed by atoms with Crippen LogP contribution in [0.3, 0.4) is 0 Å². The van der Waals surface area contributed by atoms with E-state index in [0.29, 0.717) is 10.6 Å². The van der Waals surface area contributed by atoms with Crippen LogP contribution < -0.4 is 5.73 Å². The van der Waals surface area contributed by atoms with E-state index in [9.17, 15) is 5.11 Å². The predicted octanol–water partition coefficient (Wildman–Crippen LogP) is 2.48. The lowest BCUT2D eigenvalue weighted by Crippen LogP contribution is -1.87. The summed E-state index contributed by atoms with van der Waals surface area (Å²) in [5, 5.41) is 12.3. The maximum Gasteiger partial charge on any atom is 0.141 e. The van der Waals surface area contributed by atoms with Crippen LogP contribution in [-0.2, 0) is 0 Å². The summed E-state index contributed by atoms with van der Waals surface area (Å²) in [5.41, 5.74) is 5.94. The molecule has 62 valence electrons. The molecule has 12 heavy (non-hydrogen) atoms. The van der Waals surface area contributed by atoms with Gasteiger partial charge in [0.15, 0.2) is 0 Å². The third-order valence-corrected chi connectivity index (χ3v) is 3.09. The van der Waals surface area contributed by atoms with Crippen LogP contribution in [0, 0.1) is 0 Å². The van der Waals surface area contributed by atoms with Crippen molar-refractivity contribution in [1.29, 1.82) is 0 Å². The van der Waals surface area contributed by atoms with Gasteiger partial charge in [-0.25, -0.2) is 0 Å². The number of nitrogen functional groups attached to an aromatic ring is 1. The van der Waals surface area contributed by atoms with Crippen molar-refractivity contribution < 1.29 is 5.11 Å². The molecule has 0 amide bonds. The van der Waals surface area contributed by atoms with E-state index in [-0.39, 0.29) is 5.75 Å². The lowest BCUT2D eigenvalue weighted by molar-refractivity contribution is 0.478. The third kappa shape index (κ3) is 0.956. The van der Waals surface area contributed by atoms with E-state index < -0.39 is 0 Å². The number of anilines is 1. The highest BCUT2D eigenvalue weighted by molar-refractivity contribution is 7.80. The van der Waals surface area contributed by atoms with Crippen molar-refractivity contribution in [3.63, 3.8) is 0 Å². The van der Waals surface area contributed by atoms with Crippen molar-refractivity contribution in [2.24, 2.45) is 0 Å². The smallest absolute Gasteiger partial charge is 0.141 e. The van der Waals surface area contributed by atoms with Crippen LogP contribution in [0.5, 0.6) is 5.75 Å². The lowest BCUT2D eigenvalue weighted by Gasteiger charge is -2.02. The minimum Gasteiger partial charge on any atom is -0.506 e. The first kappa shape index (κ1) is 7.76. The van der Waals surface area contributed by atoms with E-state index >= 15 is 0 Å². The Balaban J connectivity index is 2.94. The molecule has 0 bridgehead atoms. The van der Waals surface area contributed by atoms with E-state index in [1.165, 1.54) is 0 Å². The van der Waals surface area contributed by atoms with Gasteiger partial charge in [0, 0.05) is 15.0 Å². The zero-order chi connectivity index (χ0) is 8.72. The summed E-state index contributed by atoms with van der Waals surface area (Å²) in [6.45, 7) is 0. The largest absolute Gasteiger partial charge is 0.506 e. The molecule has 0 unspecified atom stereocenters. The van der Waals surface area contributed by atoms with Gasteiger partial charge in [0.2, 0.25) is 0 Å². The highest BCUT2D eigenvalue weighted by Crippen LogP contribution is 2.37. The van der Waals surface area contributed by atoms with Gasteiger partial charge in [-0.1, -0.05) is 0 Å². The summed E-state index contributed by atoms with van der Waals surface area (Å²) in [5.74, 6) is 0.106. The average molecular weight is 197 g/mol. The van der Waals surface area contributed by atoms with E-state index in [1.54, 1.807) is 17.4 Å². The zero-order valence-electron chi connectivity index (χ0n) is 6.11. The fourth-order valence-electron chi connectivity index (χ4n) is 1.10. The Kier molecular flexibility index (Phi) is 1.66. The molecule has 0 saturated heterocycles. The number of phenols is 1. The van der Waals surface area contributed by atoms with E-state index in [2.05, 4.69) is 12.6 Å². The molecular formula is C8H7NOS2. The van der Waals surface area contributed by atoms with Gasteiger partial charge in [-0.15, -0.1) is 24.0 Å². The number of phenolic OH excluding ortho intramolecular Hbond substituents is 1. The first-order valence-electron chi connectivity index (χ1n) is 3.38. The second-order valence-electron chi connectivity index (χ2n) is 2.49. The predicted molar refractivity (Wildman–Crippen MR) is 55.2 cm³/mol. The number of rotatable bonds is 0. The molecule has 2 nitrogen and oxygen atoms in total. The Morgan fingerprint density at radius 2 is 2.25 bits per heavy atom. The Bertz CT molecular complexity index is 436. The SMILES string of the molecule is Nc1c(O)cc2sccc2c1S. The molecule has 0 aliphatic heterocycles. The number of thiol groups is 1. The van der Waals surface area contributed by atoms with Gasteiger partial charge >= 0.3 is 0 Å². The zero-order valence-corrected chi connectivity index (χ0v) is 7.82. The minimum absolute atomic E-state index is 0.106. The van der Waals surface area contributed by atoms with Crippen molar-refractivity contribution in [3.05, 3.63) is 17.5 Å². The van der Waals surface area contributed by atoms with Crippen molar-refractivity contribution >= 4 is 39.7 Å². The van der Waals surface area contributed by atoms with Crippen LogP contribution in [0.15, 0.2) is 22.4 Å². The molecule has 1 heterocycles. The molecule has 0 spiro atoms. The molecule has 0 saturated carbocycles. The molecular weight excluding hydrogens is 190 g/mol. The first-order valence-corrected chi connectivity index (χ1v) is 4.70. The Morgan fingerprint density at radius 3 is 3.00 bits per heavy atom. The molecule has 4 heteroatoms. The summed E-state index contributed by atoms with van der Waals surface area (Å²) >= 11 is 5.78. The molecule has 2 rings (SSSR count). The Labute approximate surface area is 79.0 Å². The van der Waals surface area contributed by atoms with Crippen LogP contribution >= 0.6 is 24.0 Å². The Morgan fingerprint density at radius 1 is 1.50 bits per heavy atom. The quantitative estimate of drug-likeness (QED) is 0.345. The number of aromatic hydroxyl groups is 1. The number of thiophene rings is 1. The normalized spacial score (nSPS) is 10.8. The molecule has 3 N–H and O–H groups in total. The molecule has 0 radical (unpaired) electrons. The van der Waals surface area contributed by atoms with E-state index in [0.717, 1.165) is 10.1 Å². The number of hydrogen-bond donors (Lipinski definition) is 3. The van der Waals surface area contributed by atoms with E-state index in [1.807, 2.05) is 11.4 Å². The fourth-order valence-corrected chi connectivity index (χ4v) is 2.31. The summed E-state index contributed by atoms with van der Waals surface area (Å²) < 4.78 is 1.01. The van der Waals surface area contributed by atoms with Gasteiger partial charge in [0.25, 0.3) is 0 Å². The van der Waals surface area contributed by atoms with Gasteiger partial charge in [-0.3, -0.25) is 0 Å². The van der Waals surface area contributed by atoms with Crippen molar-refractivity contribution in [1.82, 2.24) is 0 Å². The van der Waals surface area contributed by atoms with Gasteiger partial charge in [0.05, 0.1) is 5.69 Å². The summed E-state index contributed by atoms with van der Waals surface area (Å²) in [6, 6.07) is 3.60. The number of benzene rings is 1. The van der Waals surface area contributed by atoms with Crippen LogP contribution in [0.25, 0.3) is 10.1 Å². The lowest BCUT2D eigenvalue weighted by atomic mass is 10.2. The number of fused-ring (bicyclic) bond motifs is 1. The highest BCUT2D eigenvalue weighted by atomic mass is 32.1. The summed E-state index contributed by atoms with van der Waals surface area (Å²) in [6.07, 6.45) is 0. The topological polar surface area (TPSA) is 46.2 Å². The summed E-state index contributed by atoms with van der Waals surface area (Å²) in [4.78, 5) is 0.659. The van der Waals surface area contributed by atoms with Crippen molar-refractivity contribution in [2.75, 3.05) is 5.73 Å². The maximum atomic E-state index is 9.35. The standard InChI is InChI=1S/C8H7NOS2/c9-7-5(10)3-6-4(8(7)11)1-2-12-6/h1-3,10-11H,9H2. The first-order chi connectivity index (χ1) is 5.70. The molecule has 0 fully saturated rings. The molecule has 0 aliphatic rings. The van der Waals surface area contributed by atoms with Crippen molar-refractivity contribution in [3.8, 4) is 5.75 Å². The van der Waals surface area contributed by atoms with Crippen LogP contribution in [0.4, 0.5) is 5.69 Å². The molecule has 1 aromatic heterocycles. The second kappa shape index (κ2) is 2.57. The monoisotopic (exact) mass is 197 g/mol.